The normalized spacial score (nSPS) is 14.2. The van der Waals surface area contributed by atoms with E-state index in [0.717, 1.165) is 35.7 Å². The van der Waals surface area contributed by atoms with Crippen LogP contribution >= 0.6 is 0 Å². The summed E-state index contributed by atoms with van der Waals surface area (Å²) in [5.74, 6) is 1.96. The van der Waals surface area contributed by atoms with Crippen LogP contribution in [-0.4, -0.2) is 73.0 Å². The lowest BCUT2D eigenvalue weighted by Gasteiger charge is -2.35. The molecule has 0 N–H and O–H groups in total. The Morgan fingerprint density at radius 3 is 2.18 bits per heavy atom. The van der Waals surface area contributed by atoms with E-state index in [1.807, 2.05) is 65.9 Å². The predicted octanol–water partition coefficient (Wildman–Crippen LogP) is 3.47. The number of carbonyl (C=O) groups excluding carboxylic acids is 1. The second kappa shape index (κ2) is 10.2. The molecule has 8 nitrogen and oxygen atoms in total. The van der Waals surface area contributed by atoms with E-state index in [-0.39, 0.29) is 5.91 Å². The number of benzene rings is 2. The third kappa shape index (κ3) is 4.46. The van der Waals surface area contributed by atoms with Crippen molar-refractivity contribution in [2.24, 2.45) is 0 Å². The summed E-state index contributed by atoms with van der Waals surface area (Å²) in [5, 5.41) is 4.64. The molecule has 3 aromatic rings. The van der Waals surface area contributed by atoms with E-state index in [2.05, 4.69) is 10.00 Å². The van der Waals surface area contributed by atoms with Gasteiger partial charge in [-0.05, 0) is 32.0 Å². The molecule has 4 rings (SSSR count). The molecule has 1 saturated heterocycles. The number of nitrogens with zero attached hydrogens (tertiary/aromatic N) is 4. The lowest BCUT2D eigenvalue weighted by atomic mass is 10.1. The van der Waals surface area contributed by atoms with Crippen molar-refractivity contribution in [3.05, 3.63) is 65.0 Å². The van der Waals surface area contributed by atoms with Gasteiger partial charge in [0.25, 0.3) is 5.91 Å². The number of amides is 1. The Labute approximate surface area is 200 Å². The van der Waals surface area contributed by atoms with Crippen LogP contribution in [0.2, 0.25) is 0 Å². The summed E-state index contributed by atoms with van der Waals surface area (Å²) in [6.07, 6.45) is 0. The van der Waals surface area contributed by atoms with E-state index < -0.39 is 0 Å². The molecule has 1 aromatic heterocycles. The van der Waals surface area contributed by atoms with Gasteiger partial charge in [0.1, 0.15) is 0 Å². The molecule has 2 aromatic carbocycles. The quantitative estimate of drug-likeness (QED) is 0.533. The summed E-state index contributed by atoms with van der Waals surface area (Å²) in [6.45, 7) is 7.42. The molecule has 1 aliphatic rings. The van der Waals surface area contributed by atoms with Crippen LogP contribution in [0.3, 0.4) is 0 Å². The first-order chi connectivity index (χ1) is 16.5. The number of aromatic nitrogens is 2. The highest BCUT2D eigenvalue weighted by atomic mass is 16.5. The fraction of sp³-hybridized carbons (Fsp3) is 0.385. The molecule has 0 saturated carbocycles. The van der Waals surface area contributed by atoms with Gasteiger partial charge in [0.15, 0.2) is 11.5 Å². The van der Waals surface area contributed by atoms with Crippen molar-refractivity contribution in [1.29, 1.82) is 0 Å². The molecule has 1 amide bonds. The van der Waals surface area contributed by atoms with E-state index in [4.69, 9.17) is 14.2 Å². The first-order valence-electron chi connectivity index (χ1n) is 11.4. The van der Waals surface area contributed by atoms with Crippen molar-refractivity contribution < 1.29 is 19.0 Å². The molecule has 34 heavy (non-hydrogen) atoms. The van der Waals surface area contributed by atoms with E-state index in [1.54, 1.807) is 21.3 Å². The largest absolute Gasteiger partial charge is 0.493 e. The van der Waals surface area contributed by atoms with Crippen LogP contribution in [0, 0.1) is 13.8 Å². The topological polar surface area (TPSA) is 69.1 Å². The fourth-order valence-electron chi connectivity index (χ4n) is 4.57. The van der Waals surface area contributed by atoms with E-state index in [0.29, 0.717) is 42.4 Å². The third-order valence-electron chi connectivity index (χ3n) is 6.35. The summed E-state index contributed by atoms with van der Waals surface area (Å²) in [5.41, 5.74) is 4.29. The number of ether oxygens (including phenoxy) is 3. The van der Waals surface area contributed by atoms with E-state index in [1.165, 1.54) is 0 Å². The van der Waals surface area contributed by atoms with Crippen molar-refractivity contribution in [1.82, 2.24) is 19.6 Å². The van der Waals surface area contributed by atoms with Gasteiger partial charge in [0.05, 0.1) is 44.0 Å². The minimum absolute atomic E-state index is 0.0422. The van der Waals surface area contributed by atoms with Crippen LogP contribution < -0.4 is 14.2 Å². The Morgan fingerprint density at radius 2 is 1.56 bits per heavy atom. The monoisotopic (exact) mass is 464 g/mol. The second-order valence-corrected chi connectivity index (χ2v) is 8.35. The van der Waals surface area contributed by atoms with Crippen molar-refractivity contribution in [3.8, 4) is 22.9 Å². The molecule has 1 fully saturated rings. The zero-order valence-corrected chi connectivity index (χ0v) is 20.5. The number of piperazine rings is 1. The maximum atomic E-state index is 13.4. The summed E-state index contributed by atoms with van der Waals surface area (Å²) in [6, 6.07) is 13.8. The first kappa shape index (κ1) is 23.6. The minimum atomic E-state index is 0.0422. The van der Waals surface area contributed by atoms with Crippen LogP contribution in [-0.2, 0) is 6.54 Å². The Morgan fingerprint density at radius 1 is 0.882 bits per heavy atom. The predicted molar refractivity (Wildman–Crippen MR) is 130 cm³/mol. The highest BCUT2D eigenvalue weighted by molar-refractivity contribution is 5.96. The zero-order valence-electron chi connectivity index (χ0n) is 20.5. The van der Waals surface area contributed by atoms with Gasteiger partial charge in [-0.15, -0.1) is 0 Å². The number of aryl methyl sites for hydroxylation is 1. The van der Waals surface area contributed by atoms with Gasteiger partial charge in [-0.1, -0.05) is 24.3 Å². The summed E-state index contributed by atoms with van der Waals surface area (Å²) >= 11 is 0. The summed E-state index contributed by atoms with van der Waals surface area (Å²) in [7, 11) is 4.86. The SMILES string of the molecule is COc1ccc(CN2CCN(C(=O)c3c(C)nn(-c4ccccc4)c3C)CC2)c(OC)c1OC. The smallest absolute Gasteiger partial charge is 0.257 e. The fourth-order valence-corrected chi connectivity index (χ4v) is 4.57. The maximum absolute atomic E-state index is 13.4. The van der Waals surface area contributed by atoms with Gasteiger partial charge < -0.3 is 19.1 Å². The van der Waals surface area contributed by atoms with Gasteiger partial charge in [0.2, 0.25) is 5.75 Å². The van der Waals surface area contributed by atoms with Gasteiger partial charge in [-0.25, -0.2) is 4.68 Å². The van der Waals surface area contributed by atoms with Crippen LogP contribution in [0.5, 0.6) is 17.2 Å². The van der Waals surface area contributed by atoms with E-state index in [9.17, 15) is 4.79 Å². The van der Waals surface area contributed by atoms with Gasteiger partial charge in [-0.2, -0.15) is 5.10 Å². The number of hydrogen-bond donors (Lipinski definition) is 0. The Balaban J connectivity index is 1.45. The average molecular weight is 465 g/mol. The molecule has 0 unspecified atom stereocenters. The van der Waals surface area contributed by atoms with Crippen LogP contribution in [0.1, 0.15) is 27.3 Å². The highest BCUT2D eigenvalue weighted by Gasteiger charge is 2.28. The van der Waals surface area contributed by atoms with E-state index >= 15 is 0 Å². The average Bonchev–Trinajstić information content (AvgIpc) is 3.17. The number of hydrogen-bond acceptors (Lipinski definition) is 6. The molecule has 8 heteroatoms. The molecule has 0 aliphatic carbocycles. The van der Waals surface area contributed by atoms with Crippen molar-refractivity contribution in [2.75, 3.05) is 47.5 Å². The van der Waals surface area contributed by atoms with Gasteiger partial charge in [0, 0.05) is 38.3 Å². The maximum Gasteiger partial charge on any atom is 0.257 e. The Kier molecular flexibility index (Phi) is 7.07. The highest BCUT2D eigenvalue weighted by Crippen LogP contribution is 2.40. The standard InChI is InChI=1S/C26H32N4O4/c1-18-23(19(2)30(27-18)21-9-7-6-8-10-21)26(31)29-15-13-28(14-16-29)17-20-11-12-22(32-3)25(34-5)24(20)33-4/h6-12H,13-17H2,1-5H3. The molecule has 0 spiro atoms. The second-order valence-electron chi connectivity index (χ2n) is 8.35. The van der Waals surface area contributed by atoms with Crippen LogP contribution in [0.25, 0.3) is 5.69 Å². The third-order valence-corrected chi connectivity index (χ3v) is 6.35. The van der Waals surface area contributed by atoms with Crippen LogP contribution in [0.15, 0.2) is 42.5 Å². The summed E-state index contributed by atoms with van der Waals surface area (Å²) in [4.78, 5) is 17.7. The van der Waals surface area contributed by atoms with Gasteiger partial charge in [-0.3, -0.25) is 9.69 Å². The molecule has 180 valence electrons. The molecular formula is C26H32N4O4. The number of carbonyl (C=O) groups is 1. The van der Waals surface area contributed by atoms with Gasteiger partial charge >= 0.3 is 0 Å². The van der Waals surface area contributed by atoms with Crippen LogP contribution in [0.4, 0.5) is 0 Å². The summed E-state index contributed by atoms with van der Waals surface area (Å²) < 4.78 is 18.4. The first-order valence-corrected chi connectivity index (χ1v) is 11.4. The number of methoxy groups -OCH3 is 3. The molecule has 1 aliphatic heterocycles. The van der Waals surface area contributed by atoms with Crippen molar-refractivity contribution in [2.45, 2.75) is 20.4 Å². The Hall–Kier alpha value is -3.52. The molecule has 0 atom stereocenters. The zero-order chi connectivity index (χ0) is 24.2. The molecule has 0 bridgehead atoms. The number of rotatable bonds is 7. The molecular weight excluding hydrogens is 432 g/mol. The number of para-hydroxylation sites is 1. The van der Waals surface area contributed by atoms with Crippen molar-refractivity contribution >= 4 is 5.91 Å². The van der Waals surface area contributed by atoms with Crippen molar-refractivity contribution in [3.63, 3.8) is 0 Å². The minimum Gasteiger partial charge on any atom is -0.493 e. The molecule has 2 heterocycles. The Bertz CT molecular complexity index is 1150. The molecule has 0 radical (unpaired) electrons. The lowest BCUT2D eigenvalue weighted by molar-refractivity contribution is 0.0626. The lowest BCUT2D eigenvalue weighted by Crippen LogP contribution is -2.48.